The van der Waals surface area contributed by atoms with E-state index in [0.717, 1.165) is 36.1 Å². The highest BCUT2D eigenvalue weighted by Gasteiger charge is 2.15. The second-order valence-electron chi connectivity index (χ2n) is 6.81. The van der Waals surface area contributed by atoms with Gasteiger partial charge in [0.05, 0.1) is 17.0 Å². The number of thiophene rings is 1. The van der Waals surface area contributed by atoms with Crippen LogP contribution in [0.25, 0.3) is 10.9 Å². The van der Waals surface area contributed by atoms with Crippen molar-refractivity contribution in [3.05, 3.63) is 82.8 Å². The third-order valence-electron chi connectivity index (χ3n) is 4.65. The van der Waals surface area contributed by atoms with Crippen LogP contribution in [0.5, 0.6) is 0 Å². The van der Waals surface area contributed by atoms with Crippen molar-refractivity contribution in [3.63, 3.8) is 0 Å². The van der Waals surface area contributed by atoms with E-state index < -0.39 is 10.0 Å². The molecule has 0 saturated heterocycles. The van der Waals surface area contributed by atoms with Crippen molar-refractivity contribution < 1.29 is 8.42 Å². The third-order valence-corrected chi connectivity index (χ3v) is 6.88. The Bertz CT molecular complexity index is 1210. The van der Waals surface area contributed by atoms with E-state index in [2.05, 4.69) is 32.1 Å². The highest BCUT2D eigenvalue weighted by molar-refractivity contribution is 7.89. The van der Waals surface area contributed by atoms with Gasteiger partial charge < -0.3 is 5.32 Å². The average molecular weight is 439 g/mol. The largest absolute Gasteiger partial charge is 0.369 e. The summed E-state index contributed by atoms with van der Waals surface area (Å²) in [5.74, 6) is 1.15. The Balaban J connectivity index is 1.46. The van der Waals surface area contributed by atoms with Gasteiger partial charge in [-0.1, -0.05) is 42.5 Å². The number of aromatic nitrogens is 2. The summed E-state index contributed by atoms with van der Waals surface area (Å²) in [5, 5.41) is 7.65. The topological polar surface area (TPSA) is 84.0 Å². The first kappa shape index (κ1) is 20.5. The molecule has 4 rings (SSSR count). The molecule has 2 heterocycles. The molecule has 0 unspecified atom stereocenters. The molecule has 0 atom stereocenters. The summed E-state index contributed by atoms with van der Waals surface area (Å²) >= 11 is 1.34. The second kappa shape index (κ2) is 9.34. The van der Waals surface area contributed by atoms with Crippen molar-refractivity contribution in [1.82, 2.24) is 14.7 Å². The van der Waals surface area contributed by atoms with Crippen molar-refractivity contribution in [1.29, 1.82) is 0 Å². The quantitative estimate of drug-likeness (QED) is 0.382. The number of nitrogens with one attached hydrogen (secondary N) is 2. The predicted molar refractivity (Wildman–Crippen MR) is 121 cm³/mol. The van der Waals surface area contributed by atoms with Crippen LogP contribution >= 0.6 is 11.3 Å². The fourth-order valence-corrected chi connectivity index (χ4v) is 5.14. The van der Waals surface area contributed by atoms with Crippen LogP contribution in [-0.2, 0) is 23.0 Å². The Morgan fingerprint density at radius 1 is 0.933 bits per heavy atom. The average Bonchev–Trinajstić information content (AvgIpc) is 3.32. The van der Waals surface area contributed by atoms with Gasteiger partial charge in [0, 0.05) is 17.3 Å². The number of benzene rings is 2. The lowest BCUT2D eigenvalue weighted by Crippen LogP contribution is -2.24. The molecule has 0 aliphatic heterocycles. The fourth-order valence-electron chi connectivity index (χ4n) is 3.13. The zero-order chi connectivity index (χ0) is 20.8. The second-order valence-corrected chi connectivity index (χ2v) is 9.35. The summed E-state index contributed by atoms with van der Waals surface area (Å²) in [6.45, 7) is 0.789. The Morgan fingerprint density at radius 3 is 2.53 bits per heavy atom. The molecule has 4 aromatic rings. The van der Waals surface area contributed by atoms with E-state index in [-0.39, 0.29) is 11.4 Å². The van der Waals surface area contributed by atoms with Gasteiger partial charge in [-0.25, -0.2) is 23.1 Å². The number of sulfonamides is 1. The number of fused-ring (bicyclic) bond motifs is 1. The first-order valence-corrected chi connectivity index (χ1v) is 12.1. The predicted octanol–water partition coefficient (Wildman–Crippen LogP) is 4.21. The zero-order valence-electron chi connectivity index (χ0n) is 16.3. The molecule has 0 aliphatic carbocycles. The van der Waals surface area contributed by atoms with E-state index in [0.29, 0.717) is 5.82 Å². The molecule has 30 heavy (non-hydrogen) atoms. The van der Waals surface area contributed by atoms with Crippen molar-refractivity contribution in [2.75, 3.05) is 11.9 Å². The molecule has 2 N–H and O–H groups in total. The maximum absolute atomic E-state index is 12.4. The number of para-hydroxylation sites is 1. The fraction of sp³-hybridized carbons (Fsp3) is 0.182. The molecule has 154 valence electrons. The Labute approximate surface area is 180 Å². The van der Waals surface area contributed by atoms with E-state index in [1.807, 2.05) is 42.5 Å². The number of aryl methyl sites for hydroxylation is 1. The van der Waals surface area contributed by atoms with Crippen LogP contribution in [0.1, 0.15) is 17.8 Å². The van der Waals surface area contributed by atoms with Crippen LogP contribution in [-0.4, -0.2) is 24.9 Å². The van der Waals surface area contributed by atoms with Crippen LogP contribution in [0.2, 0.25) is 0 Å². The van der Waals surface area contributed by atoms with Crippen LogP contribution < -0.4 is 10.0 Å². The molecular formula is C22H22N4O2S2. The van der Waals surface area contributed by atoms with Crippen molar-refractivity contribution >= 4 is 38.1 Å². The smallest absolute Gasteiger partial charge is 0.241 e. The van der Waals surface area contributed by atoms with E-state index in [4.69, 9.17) is 0 Å². The molecule has 0 amide bonds. The first-order valence-electron chi connectivity index (χ1n) is 9.67. The first-order chi connectivity index (χ1) is 14.6. The van der Waals surface area contributed by atoms with E-state index in [1.165, 1.54) is 16.9 Å². The summed E-state index contributed by atoms with van der Waals surface area (Å²) in [5.41, 5.74) is 2.08. The Kier molecular flexibility index (Phi) is 6.37. The highest BCUT2D eigenvalue weighted by atomic mass is 32.2. The minimum atomic E-state index is -3.57. The van der Waals surface area contributed by atoms with Gasteiger partial charge in [0.2, 0.25) is 10.0 Å². The summed E-state index contributed by atoms with van der Waals surface area (Å²) in [6, 6.07) is 19.7. The Hall–Kier alpha value is -2.81. The van der Waals surface area contributed by atoms with Crippen molar-refractivity contribution in [2.24, 2.45) is 0 Å². The van der Waals surface area contributed by atoms with E-state index in [9.17, 15) is 8.42 Å². The monoisotopic (exact) mass is 438 g/mol. The highest BCUT2D eigenvalue weighted by Crippen LogP contribution is 2.21. The van der Waals surface area contributed by atoms with Crippen LogP contribution in [0.4, 0.5) is 5.82 Å². The molecule has 0 fully saturated rings. The number of rotatable bonds is 9. The van der Waals surface area contributed by atoms with E-state index in [1.54, 1.807) is 16.8 Å². The van der Waals surface area contributed by atoms with Gasteiger partial charge >= 0.3 is 0 Å². The summed E-state index contributed by atoms with van der Waals surface area (Å²) < 4.78 is 27.4. The molecule has 0 radical (unpaired) electrons. The van der Waals surface area contributed by atoms with Gasteiger partial charge in [-0.3, -0.25) is 0 Å². The molecule has 2 aromatic heterocycles. The number of anilines is 1. The maximum Gasteiger partial charge on any atom is 0.241 e. The van der Waals surface area contributed by atoms with Crippen LogP contribution in [0, 0.1) is 0 Å². The lowest BCUT2D eigenvalue weighted by Gasteiger charge is -2.11. The SMILES string of the molecule is O=S(=O)(NCc1nc(NCCCc2ccccc2)c2ccccc2n1)c1ccsc1. The normalized spacial score (nSPS) is 11.6. The van der Waals surface area contributed by atoms with Crippen molar-refractivity contribution in [3.8, 4) is 0 Å². The standard InChI is InChI=1S/C22H22N4O2S2/c27-30(28,18-12-14-29-16-18)24-15-21-25-20-11-5-4-10-19(20)22(26-21)23-13-6-9-17-7-2-1-3-8-17/h1-5,7-8,10-12,14,16,24H,6,9,13,15H2,(H,23,25,26). The number of hydrogen-bond acceptors (Lipinski definition) is 6. The number of nitrogens with zero attached hydrogens (tertiary/aromatic N) is 2. The molecule has 0 saturated carbocycles. The third kappa shape index (κ3) is 5.02. The zero-order valence-corrected chi connectivity index (χ0v) is 17.9. The van der Waals surface area contributed by atoms with Gasteiger partial charge in [-0.2, -0.15) is 11.3 Å². The molecule has 0 spiro atoms. The van der Waals surface area contributed by atoms with Gasteiger partial charge in [-0.05, 0) is 42.0 Å². The summed E-state index contributed by atoms with van der Waals surface area (Å²) in [7, 11) is -3.57. The lowest BCUT2D eigenvalue weighted by atomic mass is 10.1. The van der Waals surface area contributed by atoms with Gasteiger partial charge in [0.1, 0.15) is 11.6 Å². The maximum atomic E-state index is 12.4. The summed E-state index contributed by atoms with van der Waals surface area (Å²) in [4.78, 5) is 9.36. The lowest BCUT2D eigenvalue weighted by molar-refractivity contribution is 0.580. The molecule has 6 nitrogen and oxygen atoms in total. The Morgan fingerprint density at radius 2 is 1.73 bits per heavy atom. The summed E-state index contributed by atoms with van der Waals surface area (Å²) in [6.07, 6.45) is 1.94. The molecular weight excluding hydrogens is 416 g/mol. The molecule has 0 bridgehead atoms. The number of hydrogen-bond donors (Lipinski definition) is 2. The van der Waals surface area contributed by atoms with Gasteiger partial charge in [-0.15, -0.1) is 0 Å². The molecule has 8 heteroatoms. The van der Waals surface area contributed by atoms with Crippen LogP contribution in [0.3, 0.4) is 0 Å². The van der Waals surface area contributed by atoms with Gasteiger partial charge in [0.25, 0.3) is 0 Å². The minimum Gasteiger partial charge on any atom is -0.369 e. The van der Waals surface area contributed by atoms with Crippen molar-refractivity contribution in [2.45, 2.75) is 24.3 Å². The van der Waals surface area contributed by atoms with E-state index >= 15 is 0 Å². The minimum absolute atomic E-state index is 0.0295. The molecule has 0 aliphatic rings. The van der Waals surface area contributed by atoms with Gasteiger partial charge in [0.15, 0.2) is 0 Å². The molecule has 2 aromatic carbocycles. The van der Waals surface area contributed by atoms with Crippen LogP contribution in [0.15, 0.2) is 76.3 Å².